The van der Waals surface area contributed by atoms with E-state index in [0.717, 1.165) is 34.8 Å². The standard InChI is InChI=1S/C21H24N2O2S/c1-20(2,3)13-5-7-14(8-6-13)26-16-10-9-15-17(18(16)24)19(22)23(25)21(15)11-4-12-21/h5-10,22,24-25H,4,11-12H2,1-3H3. The van der Waals surface area contributed by atoms with E-state index < -0.39 is 5.54 Å². The first-order valence-electron chi connectivity index (χ1n) is 8.97. The zero-order chi connectivity index (χ0) is 18.7. The monoisotopic (exact) mass is 368 g/mol. The molecular weight excluding hydrogens is 344 g/mol. The van der Waals surface area contributed by atoms with Gasteiger partial charge in [-0.15, -0.1) is 0 Å². The highest BCUT2D eigenvalue weighted by atomic mass is 32.2. The second-order valence-corrected chi connectivity index (χ2v) is 9.37. The summed E-state index contributed by atoms with van der Waals surface area (Å²) in [7, 11) is 0. The molecule has 0 atom stereocenters. The normalized spacial score (nSPS) is 18.2. The lowest BCUT2D eigenvalue weighted by Crippen LogP contribution is -2.46. The maximum Gasteiger partial charge on any atom is 0.157 e. The van der Waals surface area contributed by atoms with Crippen LogP contribution in [0.25, 0.3) is 0 Å². The molecule has 3 N–H and O–H groups in total. The van der Waals surface area contributed by atoms with Gasteiger partial charge in [-0.05, 0) is 54.0 Å². The molecule has 1 aliphatic heterocycles. The molecule has 0 radical (unpaired) electrons. The quantitative estimate of drug-likeness (QED) is 0.677. The van der Waals surface area contributed by atoms with Crippen molar-refractivity contribution in [2.45, 2.75) is 60.8 Å². The third-order valence-corrected chi connectivity index (χ3v) is 6.68. The van der Waals surface area contributed by atoms with Crippen molar-refractivity contribution in [2.75, 3.05) is 0 Å². The van der Waals surface area contributed by atoms with Gasteiger partial charge in [0, 0.05) is 4.90 Å². The van der Waals surface area contributed by atoms with E-state index in [9.17, 15) is 10.3 Å². The molecule has 4 rings (SSSR count). The van der Waals surface area contributed by atoms with Gasteiger partial charge in [0.1, 0.15) is 5.75 Å². The van der Waals surface area contributed by atoms with Crippen LogP contribution in [0.4, 0.5) is 0 Å². The third-order valence-electron chi connectivity index (χ3n) is 5.63. The van der Waals surface area contributed by atoms with Crippen LogP contribution in [-0.2, 0) is 11.0 Å². The number of phenols is 1. The third kappa shape index (κ3) is 2.45. The number of rotatable bonds is 2. The lowest BCUT2D eigenvalue weighted by atomic mass is 9.72. The Morgan fingerprint density at radius 2 is 1.73 bits per heavy atom. The maximum absolute atomic E-state index is 10.8. The number of nitrogens with one attached hydrogen (secondary N) is 1. The summed E-state index contributed by atoms with van der Waals surface area (Å²) >= 11 is 1.48. The summed E-state index contributed by atoms with van der Waals surface area (Å²) in [5.74, 6) is 0.1000. The summed E-state index contributed by atoms with van der Waals surface area (Å²) in [4.78, 5) is 1.75. The molecule has 4 nitrogen and oxygen atoms in total. The minimum Gasteiger partial charge on any atom is -0.506 e. The predicted octanol–water partition coefficient (Wildman–Crippen LogP) is 5.25. The number of phenolic OH excluding ortho intramolecular Hbond substituents is 1. The lowest BCUT2D eigenvalue weighted by molar-refractivity contribution is -0.138. The maximum atomic E-state index is 10.8. The SMILES string of the molecule is CC(C)(C)c1ccc(Sc2ccc3c(c2O)C(=N)N(O)C32CCC2)cc1. The molecule has 2 aliphatic rings. The molecule has 0 bridgehead atoms. The molecule has 136 valence electrons. The van der Waals surface area contributed by atoms with Crippen LogP contribution < -0.4 is 0 Å². The number of amidine groups is 1. The number of hydrogen-bond acceptors (Lipinski definition) is 4. The molecule has 1 fully saturated rings. The van der Waals surface area contributed by atoms with Gasteiger partial charge in [-0.3, -0.25) is 10.6 Å². The Kier molecular flexibility index (Phi) is 3.86. The molecule has 5 heteroatoms. The molecule has 1 aliphatic carbocycles. The number of fused-ring (bicyclic) bond motifs is 2. The Hall–Kier alpha value is -1.98. The molecular formula is C21H24N2O2S. The van der Waals surface area contributed by atoms with Crippen LogP contribution in [0.3, 0.4) is 0 Å². The van der Waals surface area contributed by atoms with E-state index in [1.54, 1.807) is 0 Å². The van der Waals surface area contributed by atoms with Gasteiger partial charge in [-0.1, -0.05) is 50.7 Å². The first kappa shape index (κ1) is 17.4. The molecule has 0 saturated heterocycles. The fraction of sp³-hybridized carbons (Fsp3) is 0.381. The summed E-state index contributed by atoms with van der Waals surface area (Å²) in [6.45, 7) is 6.55. The van der Waals surface area contributed by atoms with Gasteiger partial charge in [0.25, 0.3) is 0 Å². The second-order valence-electron chi connectivity index (χ2n) is 8.26. The van der Waals surface area contributed by atoms with Gasteiger partial charge in [0.2, 0.25) is 0 Å². The van der Waals surface area contributed by atoms with Gasteiger partial charge in [-0.2, -0.15) is 0 Å². The van der Waals surface area contributed by atoms with Crippen LogP contribution in [0, 0.1) is 5.41 Å². The van der Waals surface area contributed by atoms with Crippen molar-refractivity contribution in [2.24, 2.45) is 0 Å². The summed E-state index contributed by atoms with van der Waals surface area (Å²) in [6, 6.07) is 12.2. The Bertz CT molecular complexity index is 880. The minimum absolute atomic E-state index is 0.00253. The second kappa shape index (κ2) is 5.76. The lowest BCUT2D eigenvalue weighted by Gasteiger charge is -2.43. The number of benzene rings is 2. The fourth-order valence-corrected chi connectivity index (χ4v) is 4.72. The zero-order valence-electron chi connectivity index (χ0n) is 15.3. The van der Waals surface area contributed by atoms with Gasteiger partial charge in [0.15, 0.2) is 5.84 Å². The van der Waals surface area contributed by atoms with Crippen LogP contribution in [-0.4, -0.2) is 21.2 Å². The van der Waals surface area contributed by atoms with Crippen molar-refractivity contribution in [3.8, 4) is 5.75 Å². The van der Waals surface area contributed by atoms with E-state index in [1.165, 1.54) is 17.3 Å². The number of hydroxylamine groups is 2. The van der Waals surface area contributed by atoms with E-state index in [4.69, 9.17) is 5.41 Å². The van der Waals surface area contributed by atoms with E-state index in [1.807, 2.05) is 12.1 Å². The molecule has 0 amide bonds. The van der Waals surface area contributed by atoms with E-state index in [-0.39, 0.29) is 17.0 Å². The first-order valence-corrected chi connectivity index (χ1v) is 9.78. The van der Waals surface area contributed by atoms with E-state index >= 15 is 0 Å². The highest BCUT2D eigenvalue weighted by Crippen LogP contribution is 2.54. The van der Waals surface area contributed by atoms with Crippen LogP contribution in [0.2, 0.25) is 0 Å². The van der Waals surface area contributed by atoms with Crippen LogP contribution in [0.15, 0.2) is 46.2 Å². The van der Waals surface area contributed by atoms with Crippen molar-refractivity contribution in [1.29, 1.82) is 5.41 Å². The molecule has 0 aromatic heterocycles. The van der Waals surface area contributed by atoms with Crippen LogP contribution in [0.5, 0.6) is 5.75 Å². The summed E-state index contributed by atoms with van der Waals surface area (Å²) in [6.07, 6.45) is 2.67. The zero-order valence-corrected chi connectivity index (χ0v) is 16.2. The van der Waals surface area contributed by atoms with Crippen molar-refractivity contribution in [1.82, 2.24) is 5.06 Å². The van der Waals surface area contributed by atoms with Gasteiger partial charge >= 0.3 is 0 Å². The predicted molar refractivity (Wildman–Crippen MR) is 103 cm³/mol. The average Bonchev–Trinajstić information content (AvgIpc) is 2.78. The number of aromatic hydroxyl groups is 1. The minimum atomic E-state index is -0.499. The van der Waals surface area contributed by atoms with Gasteiger partial charge in [-0.25, -0.2) is 5.06 Å². The largest absolute Gasteiger partial charge is 0.506 e. The van der Waals surface area contributed by atoms with E-state index in [2.05, 4.69) is 45.0 Å². The Morgan fingerprint density at radius 3 is 2.27 bits per heavy atom. The molecule has 2 aromatic carbocycles. The first-order chi connectivity index (χ1) is 12.2. The molecule has 1 spiro atoms. The highest BCUT2D eigenvalue weighted by molar-refractivity contribution is 7.99. The van der Waals surface area contributed by atoms with E-state index in [0.29, 0.717) is 10.5 Å². The molecule has 26 heavy (non-hydrogen) atoms. The van der Waals surface area contributed by atoms with Crippen LogP contribution >= 0.6 is 11.8 Å². The molecule has 1 saturated carbocycles. The molecule has 0 unspecified atom stereocenters. The number of hydrogen-bond donors (Lipinski definition) is 3. The van der Waals surface area contributed by atoms with Crippen molar-refractivity contribution >= 4 is 17.6 Å². The average molecular weight is 369 g/mol. The Labute approximate surface area is 158 Å². The topological polar surface area (TPSA) is 67.5 Å². The summed E-state index contributed by atoms with van der Waals surface area (Å²) < 4.78 is 0. The number of nitrogens with zero attached hydrogens (tertiary/aromatic N) is 1. The molecule has 1 heterocycles. The van der Waals surface area contributed by atoms with Crippen molar-refractivity contribution in [3.63, 3.8) is 0 Å². The highest BCUT2D eigenvalue weighted by Gasteiger charge is 2.53. The smallest absolute Gasteiger partial charge is 0.157 e. The fourth-order valence-electron chi connectivity index (χ4n) is 3.86. The van der Waals surface area contributed by atoms with Gasteiger partial charge < -0.3 is 5.11 Å². The van der Waals surface area contributed by atoms with Crippen molar-refractivity contribution < 1.29 is 10.3 Å². The summed E-state index contributed by atoms with van der Waals surface area (Å²) in [5.41, 5.74) is 2.23. The Balaban J connectivity index is 1.67. The Morgan fingerprint density at radius 1 is 1.08 bits per heavy atom. The van der Waals surface area contributed by atoms with Gasteiger partial charge in [0.05, 0.1) is 16.0 Å². The summed E-state index contributed by atoms with van der Waals surface area (Å²) in [5, 5.41) is 30.5. The van der Waals surface area contributed by atoms with Crippen molar-refractivity contribution in [3.05, 3.63) is 53.1 Å². The molecule has 2 aromatic rings. The van der Waals surface area contributed by atoms with Crippen LogP contribution in [0.1, 0.15) is 56.7 Å².